The predicted octanol–water partition coefficient (Wildman–Crippen LogP) is 2.24. The van der Waals surface area contributed by atoms with Crippen LogP contribution >= 0.6 is 11.8 Å². The third-order valence-corrected chi connectivity index (χ3v) is 4.33. The fourth-order valence-electron chi connectivity index (χ4n) is 2.06. The van der Waals surface area contributed by atoms with Gasteiger partial charge >= 0.3 is 5.97 Å². The number of thioether (sulfide) groups is 1. The molecule has 0 bridgehead atoms. The Balaban J connectivity index is 1.69. The van der Waals surface area contributed by atoms with E-state index < -0.39 is 5.97 Å². The van der Waals surface area contributed by atoms with Crippen LogP contribution in [0.3, 0.4) is 0 Å². The van der Waals surface area contributed by atoms with Gasteiger partial charge in [0.25, 0.3) is 5.89 Å². The van der Waals surface area contributed by atoms with Gasteiger partial charge in [-0.1, -0.05) is 24.4 Å². The van der Waals surface area contributed by atoms with Gasteiger partial charge in [0.1, 0.15) is 13.2 Å². The highest BCUT2D eigenvalue weighted by atomic mass is 32.2. The van der Waals surface area contributed by atoms with E-state index in [1.807, 2.05) is 11.8 Å². The SMILES string of the molecule is O=C(O)COCc1nc(CSC2CCCCC2)no1. The predicted molar refractivity (Wildman–Crippen MR) is 69.8 cm³/mol. The minimum absolute atomic E-state index is 0.0490. The van der Waals surface area contributed by atoms with Crippen LogP contribution in [0.2, 0.25) is 0 Å². The van der Waals surface area contributed by atoms with E-state index in [-0.39, 0.29) is 13.2 Å². The summed E-state index contributed by atoms with van der Waals surface area (Å²) in [5.41, 5.74) is 0. The summed E-state index contributed by atoms with van der Waals surface area (Å²) in [6, 6.07) is 0. The standard InChI is InChI=1S/C12H18N2O4S/c15-12(16)7-17-6-11-13-10(14-18-11)8-19-9-4-2-1-3-5-9/h9H,1-8H2,(H,15,16). The van der Waals surface area contributed by atoms with Crippen molar-refractivity contribution in [3.63, 3.8) is 0 Å². The molecule has 0 saturated heterocycles. The molecule has 19 heavy (non-hydrogen) atoms. The molecule has 0 unspecified atom stereocenters. The molecular weight excluding hydrogens is 268 g/mol. The topological polar surface area (TPSA) is 85.5 Å². The zero-order chi connectivity index (χ0) is 13.5. The van der Waals surface area contributed by atoms with E-state index in [0.29, 0.717) is 17.0 Å². The Kier molecular flexibility index (Phi) is 5.65. The molecule has 0 aromatic carbocycles. The molecule has 1 aromatic rings. The normalized spacial score (nSPS) is 16.6. The molecule has 0 amide bonds. The highest BCUT2D eigenvalue weighted by molar-refractivity contribution is 7.99. The number of aromatic nitrogens is 2. The van der Waals surface area contributed by atoms with E-state index in [2.05, 4.69) is 10.1 Å². The minimum Gasteiger partial charge on any atom is -0.480 e. The molecule has 6 nitrogen and oxygen atoms in total. The van der Waals surface area contributed by atoms with Crippen molar-refractivity contribution >= 4 is 17.7 Å². The summed E-state index contributed by atoms with van der Waals surface area (Å²) < 4.78 is 9.88. The summed E-state index contributed by atoms with van der Waals surface area (Å²) in [4.78, 5) is 14.5. The number of ether oxygens (including phenoxy) is 1. The molecule has 0 atom stereocenters. The van der Waals surface area contributed by atoms with Gasteiger partial charge < -0.3 is 14.4 Å². The van der Waals surface area contributed by atoms with Crippen LogP contribution in [0.25, 0.3) is 0 Å². The van der Waals surface area contributed by atoms with E-state index >= 15 is 0 Å². The Morgan fingerprint density at radius 1 is 1.42 bits per heavy atom. The van der Waals surface area contributed by atoms with Crippen molar-refractivity contribution in [1.82, 2.24) is 10.1 Å². The summed E-state index contributed by atoms with van der Waals surface area (Å²) >= 11 is 1.87. The summed E-state index contributed by atoms with van der Waals surface area (Å²) in [5.74, 6) is 0.727. The van der Waals surface area contributed by atoms with Crippen LogP contribution in [-0.2, 0) is 21.9 Å². The van der Waals surface area contributed by atoms with Gasteiger partial charge in [0.15, 0.2) is 5.82 Å². The number of carboxylic acids is 1. The maximum atomic E-state index is 10.3. The Labute approximate surface area is 115 Å². The van der Waals surface area contributed by atoms with Crippen molar-refractivity contribution in [1.29, 1.82) is 0 Å². The van der Waals surface area contributed by atoms with E-state index in [1.165, 1.54) is 32.1 Å². The molecule has 1 saturated carbocycles. The van der Waals surface area contributed by atoms with Gasteiger partial charge in [0.05, 0.1) is 5.75 Å². The molecule has 1 aromatic heterocycles. The summed E-state index contributed by atoms with van der Waals surface area (Å²) in [5, 5.41) is 13.0. The molecule has 1 fully saturated rings. The quantitative estimate of drug-likeness (QED) is 0.822. The monoisotopic (exact) mass is 286 g/mol. The van der Waals surface area contributed by atoms with Crippen molar-refractivity contribution in [2.45, 2.75) is 49.7 Å². The maximum absolute atomic E-state index is 10.3. The van der Waals surface area contributed by atoms with Gasteiger partial charge in [-0.2, -0.15) is 16.7 Å². The Morgan fingerprint density at radius 3 is 2.95 bits per heavy atom. The Bertz CT molecular complexity index is 404. The van der Waals surface area contributed by atoms with Crippen LogP contribution in [-0.4, -0.2) is 33.1 Å². The second-order valence-corrected chi connectivity index (χ2v) is 5.85. The average Bonchev–Trinajstić information content (AvgIpc) is 2.85. The van der Waals surface area contributed by atoms with Crippen LogP contribution in [0.15, 0.2) is 4.52 Å². The first kappa shape index (κ1) is 14.3. The van der Waals surface area contributed by atoms with Crippen molar-refractivity contribution in [2.24, 2.45) is 0 Å². The average molecular weight is 286 g/mol. The lowest BCUT2D eigenvalue weighted by atomic mass is 10.0. The largest absolute Gasteiger partial charge is 0.480 e. The van der Waals surface area contributed by atoms with Crippen molar-refractivity contribution in [3.8, 4) is 0 Å². The first-order valence-corrected chi connectivity index (χ1v) is 7.51. The Hall–Kier alpha value is -1.08. The second kappa shape index (κ2) is 7.49. The number of nitrogens with zero attached hydrogens (tertiary/aromatic N) is 2. The molecule has 1 aliphatic rings. The van der Waals surface area contributed by atoms with Gasteiger partial charge in [0, 0.05) is 5.25 Å². The fourth-order valence-corrected chi connectivity index (χ4v) is 3.23. The van der Waals surface area contributed by atoms with E-state index in [4.69, 9.17) is 14.4 Å². The number of aliphatic carboxylic acids is 1. The number of hydrogen-bond donors (Lipinski definition) is 1. The molecule has 0 radical (unpaired) electrons. The molecule has 106 valence electrons. The van der Waals surface area contributed by atoms with Crippen LogP contribution in [0, 0.1) is 0 Å². The van der Waals surface area contributed by atoms with E-state index in [1.54, 1.807) is 0 Å². The smallest absolute Gasteiger partial charge is 0.329 e. The number of rotatable bonds is 7. The Morgan fingerprint density at radius 2 is 2.21 bits per heavy atom. The number of carbonyl (C=O) groups is 1. The van der Waals surface area contributed by atoms with Gasteiger partial charge in [-0.15, -0.1) is 0 Å². The third-order valence-electron chi connectivity index (χ3n) is 2.96. The van der Waals surface area contributed by atoms with Gasteiger partial charge in [-0.05, 0) is 12.8 Å². The fraction of sp³-hybridized carbons (Fsp3) is 0.750. The third kappa shape index (κ3) is 5.20. The number of hydrogen-bond acceptors (Lipinski definition) is 6. The second-order valence-electron chi connectivity index (χ2n) is 4.56. The first-order valence-electron chi connectivity index (χ1n) is 6.46. The first-order chi connectivity index (χ1) is 9.24. The highest BCUT2D eigenvalue weighted by Gasteiger charge is 2.15. The van der Waals surface area contributed by atoms with Crippen LogP contribution < -0.4 is 0 Å². The highest BCUT2D eigenvalue weighted by Crippen LogP contribution is 2.29. The van der Waals surface area contributed by atoms with Crippen LogP contribution in [0.4, 0.5) is 0 Å². The molecular formula is C12H18N2O4S. The zero-order valence-corrected chi connectivity index (χ0v) is 11.5. The number of carboxylic acid groups (broad SMARTS) is 1. The molecule has 1 N–H and O–H groups in total. The molecule has 7 heteroatoms. The zero-order valence-electron chi connectivity index (χ0n) is 10.7. The summed E-state index contributed by atoms with van der Waals surface area (Å²) in [6.45, 7) is -0.304. The van der Waals surface area contributed by atoms with Crippen molar-refractivity contribution in [2.75, 3.05) is 6.61 Å². The molecule has 1 heterocycles. The molecule has 0 aliphatic heterocycles. The van der Waals surface area contributed by atoms with Crippen molar-refractivity contribution in [3.05, 3.63) is 11.7 Å². The van der Waals surface area contributed by atoms with Crippen molar-refractivity contribution < 1.29 is 19.2 Å². The minimum atomic E-state index is -1.01. The lowest BCUT2D eigenvalue weighted by Gasteiger charge is -2.19. The molecule has 0 spiro atoms. The summed E-state index contributed by atoms with van der Waals surface area (Å²) in [6.07, 6.45) is 6.54. The van der Waals surface area contributed by atoms with Gasteiger partial charge in [0.2, 0.25) is 0 Å². The lowest BCUT2D eigenvalue weighted by molar-refractivity contribution is -0.142. The maximum Gasteiger partial charge on any atom is 0.329 e. The lowest BCUT2D eigenvalue weighted by Crippen LogP contribution is -2.08. The van der Waals surface area contributed by atoms with Gasteiger partial charge in [-0.25, -0.2) is 4.79 Å². The van der Waals surface area contributed by atoms with E-state index in [9.17, 15) is 4.79 Å². The van der Waals surface area contributed by atoms with Gasteiger partial charge in [-0.3, -0.25) is 0 Å². The molecule has 1 aliphatic carbocycles. The summed E-state index contributed by atoms with van der Waals surface area (Å²) in [7, 11) is 0. The van der Waals surface area contributed by atoms with E-state index in [0.717, 1.165) is 5.75 Å². The molecule has 2 rings (SSSR count). The van der Waals surface area contributed by atoms with Crippen LogP contribution in [0.5, 0.6) is 0 Å². The van der Waals surface area contributed by atoms with Crippen LogP contribution in [0.1, 0.15) is 43.8 Å².